The van der Waals surface area contributed by atoms with Crippen LogP contribution in [0.4, 0.5) is 0 Å². The van der Waals surface area contributed by atoms with Crippen LogP contribution in [0.15, 0.2) is 0 Å². The van der Waals surface area contributed by atoms with Crippen molar-refractivity contribution in [3.8, 4) is 0 Å². The molecular weight excluding hydrogens is 130 g/mol. The quantitative estimate of drug-likeness (QED) is 0.559. The van der Waals surface area contributed by atoms with Gasteiger partial charge in [0.15, 0.2) is 0 Å². The molecule has 1 unspecified atom stereocenters. The summed E-state index contributed by atoms with van der Waals surface area (Å²) >= 11 is 0. The highest BCUT2D eigenvalue weighted by Crippen LogP contribution is 2.16. The molecule has 1 heterocycles. The Balaban J connectivity index is 2.45. The van der Waals surface area contributed by atoms with E-state index < -0.39 is 0 Å². The first-order valence-corrected chi connectivity index (χ1v) is 3.53. The molecule has 1 aliphatic rings. The highest BCUT2D eigenvalue weighted by molar-refractivity contribution is 5.85. The molecule has 1 saturated heterocycles. The second kappa shape index (κ2) is 3.12. The summed E-state index contributed by atoms with van der Waals surface area (Å²) in [7, 11) is 0. The molecule has 0 bridgehead atoms. The summed E-state index contributed by atoms with van der Waals surface area (Å²) in [6.45, 7) is 2.45. The van der Waals surface area contributed by atoms with E-state index in [1.54, 1.807) is 0 Å². The van der Waals surface area contributed by atoms with Crippen LogP contribution in [0.25, 0.3) is 0 Å². The second-order valence-corrected chi connectivity index (χ2v) is 2.76. The van der Waals surface area contributed by atoms with Crippen molar-refractivity contribution < 1.29 is 9.84 Å². The van der Waals surface area contributed by atoms with Crippen LogP contribution in [0.5, 0.6) is 0 Å². The van der Waals surface area contributed by atoms with E-state index in [1.807, 2.05) is 6.92 Å². The fourth-order valence-corrected chi connectivity index (χ4v) is 1.15. The van der Waals surface area contributed by atoms with Gasteiger partial charge in [0.25, 0.3) is 0 Å². The van der Waals surface area contributed by atoms with E-state index in [1.165, 1.54) is 0 Å². The van der Waals surface area contributed by atoms with Crippen LogP contribution >= 0.6 is 0 Å². The van der Waals surface area contributed by atoms with Crippen molar-refractivity contribution in [2.45, 2.75) is 19.4 Å². The Bertz CT molecular complexity index is 136. The van der Waals surface area contributed by atoms with Gasteiger partial charge in [-0.05, 0) is 13.3 Å². The van der Waals surface area contributed by atoms with Gasteiger partial charge in [0.2, 0.25) is 0 Å². The lowest BCUT2D eigenvalue weighted by Gasteiger charge is -2.26. The molecule has 0 radical (unpaired) electrons. The van der Waals surface area contributed by atoms with Crippen molar-refractivity contribution in [2.24, 2.45) is 5.92 Å². The minimum atomic E-state index is 0.0451. The van der Waals surface area contributed by atoms with Gasteiger partial charge in [-0.1, -0.05) is 0 Å². The van der Waals surface area contributed by atoms with Crippen molar-refractivity contribution in [3.05, 3.63) is 0 Å². The summed E-state index contributed by atoms with van der Waals surface area (Å²) in [5.41, 5.74) is 0.528. The minimum absolute atomic E-state index is 0.0451. The monoisotopic (exact) mass is 143 g/mol. The number of aliphatic hydroxyl groups excluding tert-OH is 1. The normalized spacial score (nSPS) is 34.4. The lowest BCUT2D eigenvalue weighted by Crippen LogP contribution is -2.33. The summed E-state index contributed by atoms with van der Waals surface area (Å²) in [6.07, 6.45) is 0.987. The second-order valence-electron chi connectivity index (χ2n) is 2.76. The number of ether oxygens (including phenoxy) is 1. The fourth-order valence-electron chi connectivity index (χ4n) is 1.15. The van der Waals surface area contributed by atoms with Crippen LogP contribution in [-0.4, -0.2) is 30.1 Å². The van der Waals surface area contributed by atoms with Gasteiger partial charge in [-0.15, -0.1) is 0 Å². The number of nitrogens with one attached hydrogen (secondary N) is 1. The van der Waals surface area contributed by atoms with Crippen LogP contribution in [0.2, 0.25) is 0 Å². The molecule has 1 fully saturated rings. The topological polar surface area (TPSA) is 53.3 Å². The van der Waals surface area contributed by atoms with Crippen LogP contribution in [-0.2, 0) is 4.74 Å². The first-order valence-electron chi connectivity index (χ1n) is 3.53. The maximum Gasteiger partial charge on any atom is 0.0848 e. The molecule has 0 aromatic carbocycles. The third-order valence-corrected chi connectivity index (χ3v) is 1.85. The average Bonchev–Trinajstić information content (AvgIpc) is 1.94. The summed E-state index contributed by atoms with van der Waals surface area (Å²) in [5, 5.41) is 16.1. The van der Waals surface area contributed by atoms with E-state index in [-0.39, 0.29) is 18.6 Å². The predicted molar refractivity (Wildman–Crippen MR) is 38.3 cm³/mol. The van der Waals surface area contributed by atoms with Crippen molar-refractivity contribution in [1.29, 1.82) is 5.41 Å². The van der Waals surface area contributed by atoms with E-state index in [4.69, 9.17) is 15.3 Å². The van der Waals surface area contributed by atoms with Crippen LogP contribution in [0, 0.1) is 11.3 Å². The Kier molecular flexibility index (Phi) is 2.40. The van der Waals surface area contributed by atoms with Gasteiger partial charge in [-0.25, -0.2) is 0 Å². The first kappa shape index (κ1) is 7.69. The molecule has 0 amide bonds. The Hall–Kier alpha value is -0.410. The number of aliphatic hydroxyl groups is 1. The van der Waals surface area contributed by atoms with E-state index in [9.17, 15) is 0 Å². The maximum atomic E-state index is 8.78. The molecule has 0 aromatic heterocycles. The molecule has 10 heavy (non-hydrogen) atoms. The van der Waals surface area contributed by atoms with E-state index in [0.717, 1.165) is 6.42 Å². The van der Waals surface area contributed by atoms with Crippen molar-refractivity contribution in [3.63, 3.8) is 0 Å². The molecule has 3 nitrogen and oxygen atoms in total. The number of hydrogen-bond donors (Lipinski definition) is 2. The maximum absolute atomic E-state index is 8.78. The SMILES string of the molecule is C[C@H]1CC(CO)C(=N)CO1. The zero-order valence-electron chi connectivity index (χ0n) is 6.13. The highest BCUT2D eigenvalue weighted by atomic mass is 16.5. The molecule has 0 spiro atoms. The van der Waals surface area contributed by atoms with Gasteiger partial charge >= 0.3 is 0 Å². The minimum Gasteiger partial charge on any atom is -0.396 e. The largest absolute Gasteiger partial charge is 0.396 e. The molecule has 58 valence electrons. The van der Waals surface area contributed by atoms with E-state index in [0.29, 0.717) is 12.3 Å². The molecule has 1 rings (SSSR count). The summed E-state index contributed by atoms with van der Waals surface area (Å²) in [6, 6.07) is 0. The zero-order valence-corrected chi connectivity index (χ0v) is 6.13. The molecule has 3 heteroatoms. The predicted octanol–water partition coefficient (Wildman–Crippen LogP) is 0.423. The lowest BCUT2D eigenvalue weighted by molar-refractivity contribution is 0.0503. The van der Waals surface area contributed by atoms with Crippen molar-refractivity contribution in [1.82, 2.24) is 0 Å². The fraction of sp³-hybridized carbons (Fsp3) is 0.857. The molecule has 2 N–H and O–H groups in total. The van der Waals surface area contributed by atoms with Crippen LogP contribution in [0.1, 0.15) is 13.3 Å². The lowest BCUT2D eigenvalue weighted by atomic mass is 9.95. The molecular formula is C7H13NO2. The molecule has 0 aliphatic carbocycles. The summed E-state index contributed by atoms with van der Waals surface area (Å²) < 4.78 is 5.19. The zero-order chi connectivity index (χ0) is 7.56. The third kappa shape index (κ3) is 1.55. The van der Waals surface area contributed by atoms with Gasteiger partial charge in [-0.3, -0.25) is 0 Å². The Morgan fingerprint density at radius 1 is 1.80 bits per heavy atom. The number of rotatable bonds is 1. The first-order chi connectivity index (χ1) is 4.74. The third-order valence-electron chi connectivity index (χ3n) is 1.85. The number of hydrogen-bond acceptors (Lipinski definition) is 3. The molecule has 0 aromatic rings. The molecule has 1 aliphatic heterocycles. The summed E-state index contributed by atoms with van der Waals surface area (Å²) in [4.78, 5) is 0. The van der Waals surface area contributed by atoms with Crippen molar-refractivity contribution >= 4 is 5.71 Å². The standard InChI is InChI=1S/C7H13NO2/c1-5-2-6(3-9)7(8)4-10-5/h5-6,8-9H,2-4H2,1H3/t5-,6?/m0/s1. The van der Waals surface area contributed by atoms with E-state index >= 15 is 0 Å². The molecule has 0 saturated carbocycles. The van der Waals surface area contributed by atoms with E-state index in [2.05, 4.69) is 0 Å². The van der Waals surface area contributed by atoms with Crippen LogP contribution in [0.3, 0.4) is 0 Å². The van der Waals surface area contributed by atoms with Gasteiger partial charge in [-0.2, -0.15) is 0 Å². The Labute approximate surface area is 60.5 Å². The van der Waals surface area contributed by atoms with Gasteiger partial charge in [0, 0.05) is 11.6 Å². The van der Waals surface area contributed by atoms with Crippen LogP contribution < -0.4 is 0 Å². The Morgan fingerprint density at radius 3 is 3.00 bits per heavy atom. The van der Waals surface area contributed by atoms with Gasteiger partial charge < -0.3 is 15.3 Å². The van der Waals surface area contributed by atoms with Crippen molar-refractivity contribution in [2.75, 3.05) is 13.2 Å². The molecule has 2 atom stereocenters. The summed E-state index contributed by atoms with van der Waals surface area (Å²) in [5.74, 6) is 0.0451. The Morgan fingerprint density at radius 2 is 2.50 bits per heavy atom. The smallest absolute Gasteiger partial charge is 0.0848 e. The highest BCUT2D eigenvalue weighted by Gasteiger charge is 2.22. The van der Waals surface area contributed by atoms with Gasteiger partial charge in [0.1, 0.15) is 0 Å². The van der Waals surface area contributed by atoms with Gasteiger partial charge in [0.05, 0.1) is 19.3 Å². The average molecular weight is 143 g/mol.